The smallest absolute Gasteiger partial charge is 0.317 e. The molecule has 2 N–H and O–H groups in total. The SMILES string of the molecule is CC(C)NC(=O)N1CCN(C(=O)Cc2ccc3c(c2)NC(=O)CO3)CC1. The topological polar surface area (TPSA) is 91.0 Å². The van der Waals surface area contributed by atoms with Crippen molar-refractivity contribution in [2.45, 2.75) is 26.3 Å². The van der Waals surface area contributed by atoms with Gasteiger partial charge in [0.05, 0.1) is 12.1 Å². The molecule has 8 nitrogen and oxygen atoms in total. The van der Waals surface area contributed by atoms with Crippen LogP contribution >= 0.6 is 0 Å². The van der Waals surface area contributed by atoms with E-state index >= 15 is 0 Å². The first kappa shape index (κ1) is 18.0. The van der Waals surface area contributed by atoms with Gasteiger partial charge in [0.1, 0.15) is 5.75 Å². The van der Waals surface area contributed by atoms with Gasteiger partial charge in [-0.3, -0.25) is 9.59 Å². The average Bonchev–Trinajstić information content (AvgIpc) is 2.61. The fourth-order valence-corrected chi connectivity index (χ4v) is 3.02. The Balaban J connectivity index is 1.54. The Hall–Kier alpha value is -2.77. The molecule has 8 heteroatoms. The zero-order chi connectivity index (χ0) is 18.7. The molecule has 0 atom stereocenters. The first-order valence-electron chi connectivity index (χ1n) is 8.81. The molecule has 0 aromatic heterocycles. The second-order valence-corrected chi connectivity index (χ2v) is 6.82. The summed E-state index contributed by atoms with van der Waals surface area (Å²) in [7, 11) is 0. The molecule has 0 spiro atoms. The van der Waals surface area contributed by atoms with Crippen molar-refractivity contribution in [2.24, 2.45) is 0 Å². The van der Waals surface area contributed by atoms with Crippen molar-refractivity contribution >= 4 is 23.5 Å². The summed E-state index contributed by atoms with van der Waals surface area (Å²) in [5, 5.41) is 5.61. The van der Waals surface area contributed by atoms with E-state index in [-0.39, 0.29) is 36.9 Å². The molecule has 1 aromatic carbocycles. The van der Waals surface area contributed by atoms with E-state index in [1.54, 1.807) is 21.9 Å². The van der Waals surface area contributed by atoms with Crippen LogP contribution in [0.2, 0.25) is 0 Å². The minimum absolute atomic E-state index is 0.0110. The number of amides is 4. The molecule has 4 amide bonds. The molecule has 0 unspecified atom stereocenters. The highest BCUT2D eigenvalue weighted by Crippen LogP contribution is 2.28. The molecule has 3 rings (SSSR count). The summed E-state index contributed by atoms with van der Waals surface area (Å²) in [4.78, 5) is 39.5. The Morgan fingerprint density at radius 2 is 1.88 bits per heavy atom. The highest BCUT2D eigenvalue weighted by atomic mass is 16.5. The van der Waals surface area contributed by atoms with Crippen molar-refractivity contribution in [1.29, 1.82) is 0 Å². The van der Waals surface area contributed by atoms with E-state index in [1.807, 2.05) is 19.9 Å². The van der Waals surface area contributed by atoms with Gasteiger partial charge in [-0.15, -0.1) is 0 Å². The molecule has 1 fully saturated rings. The van der Waals surface area contributed by atoms with Crippen molar-refractivity contribution in [3.05, 3.63) is 23.8 Å². The lowest BCUT2D eigenvalue weighted by atomic mass is 10.1. The lowest BCUT2D eigenvalue weighted by Gasteiger charge is -2.35. The van der Waals surface area contributed by atoms with Gasteiger partial charge in [-0.2, -0.15) is 0 Å². The summed E-state index contributed by atoms with van der Waals surface area (Å²) in [5.41, 5.74) is 1.42. The maximum absolute atomic E-state index is 12.5. The largest absolute Gasteiger partial charge is 0.482 e. The van der Waals surface area contributed by atoms with Gasteiger partial charge in [-0.05, 0) is 31.5 Å². The van der Waals surface area contributed by atoms with E-state index in [9.17, 15) is 14.4 Å². The Kier molecular flexibility index (Phi) is 5.29. The third-order valence-electron chi connectivity index (χ3n) is 4.36. The maximum atomic E-state index is 12.5. The molecule has 0 aliphatic carbocycles. The minimum Gasteiger partial charge on any atom is -0.482 e. The average molecular weight is 360 g/mol. The van der Waals surface area contributed by atoms with Gasteiger partial charge in [0.25, 0.3) is 5.91 Å². The van der Waals surface area contributed by atoms with E-state index in [0.717, 1.165) is 5.56 Å². The predicted octanol–water partition coefficient (Wildman–Crippen LogP) is 0.822. The van der Waals surface area contributed by atoms with Crippen LogP contribution in [0.1, 0.15) is 19.4 Å². The fraction of sp³-hybridized carbons (Fsp3) is 0.500. The van der Waals surface area contributed by atoms with E-state index < -0.39 is 0 Å². The first-order valence-corrected chi connectivity index (χ1v) is 8.81. The van der Waals surface area contributed by atoms with Gasteiger partial charge in [-0.1, -0.05) is 6.07 Å². The molecule has 26 heavy (non-hydrogen) atoms. The van der Waals surface area contributed by atoms with Gasteiger partial charge in [-0.25, -0.2) is 4.79 Å². The normalized spacial score (nSPS) is 16.7. The van der Waals surface area contributed by atoms with Crippen LogP contribution in [0.4, 0.5) is 10.5 Å². The number of hydrogen-bond donors (Lipinski definition) is 2. The number of benzene rings is 1. The molecule has 1 aromatic rings. The zero-order valence-electron chi connectivity index (χ0n) is 15.1. The highest BCUT2D eigenvalue weighted by molar-refractivity contribution is 5.95. The van der Waals surface area contributed by atoms with Crippen molar-refractivity contribution in [2.75, 3.05) is 38.1 Å². The van der Waals surface area contributed by atoms with Crippen LogP contribution in [-0.4, -0.2) is 66.5 Å². The van der Waals surface area contributed by atoms with Crippen LogP contribution in [0.3, 0.4) is 0 Å². The number of fused-ring (bicyclic) bond motifs is 1. The second kappa shape index (κ2) is 7.63. The van der Waals surface area contributed by atoms with Crippen LogP contribution in [-0.2, 0) is 16.0 Å². The Morgan fingerprint density at radius 1 is 1.19 bits per heavy atom. The molecule has 2 aliphatic heterocycles. The molecular weight excluding hydrogens is 336 g/mol. The molecule has 2 aliphatic rings. The molecule has 1 saturated heterocycles. The Morgan fingerprint density at radius 3 is 2.58 bits per heavy atom. The summed E-state index contributed by atoms with van der Waals surface area (Å²) in [5.74, 6) is 0.430. The van der Waals surface area contributed by atoms with Crippen molar-refractivity contribution in [3.8, 4) is 5.75 Å². The van der Waals surface area contributed by atoms with E-state index in [2.05, 4.69) is 10.6 Å². The molecule has 2 heterocycles. The number of carbonyl (C=O) groups is 3. The van der Waals surface area contributed by atoms with Crippen molar-refractivity contribution in [1.82, 2.24) is 15.1 Å². The van der Waals surface area contributed by atoms with Crippen molar-refractivity contribution in [3.63, 3.8) is 0 Å². The molecular formula is C18H24N4O4. The summed E-state index contributed by atoms with van der Waals surface area (Å²) >= 11 is 0. The molecule has 0 bridgehead atoms. The minimum atomic E-state index is -0.197. The Bertz CT molecular complexity index is 711. The molecule has 0 radical (unpaired) electrons. The first-order chi connectivity index (χ1) is 12.4. The third-order valence-corrected chi connectivity index (χ3v) is 4.36. The third kappa shape index (κ3) is 4.25. The highest BCUT2D eigenvalue weighted by Gasteiger charge is 2.25. The number of ether oxygens (including phenoxy) is 1. The van der Waals surface area contributed by atoms with Crippen LogP contribution in [0.5, 0.6) is 5.75 Å². The summed E-state index contributed by atoms with van der Waals surface area (Å²) in [6.07, 6.45) is 0.251. The predicted molar refractivity (Wildman–Crippen MR) is 96.1 cm³/mol. The van der Waals surface area contributed by atoms with Crippen LogP contribution in [0.25, 0.3) is 0 Å². The van der Waals surface area contributed by atoms with Crippen molar-refractivity contribution < 1.29 is 19.1 Å². The van der Waals surface area contributed by atoms with E-state index in [0.29, 0.717) is 37.6 Å². The molecule has 0 saturated carbocycles. The number of nitrogens with one attached hydrogen (secondary N) is 2. The van der Waals surface area contributed by atoms with Gasteiger partial charge >= 0.3 is 6.03 Å². The van der Waals surface area contributed by atoms with Crippen LogP contribution < -0.4 is 15.4 Å². The molecule has 140 valence electrons. The Labute approximate surface area is 152 Å². The lowest BCUT2D eigenvalue weighted by molar-refractivity contribution is -0.131. The van der Waals surface area contributed by atoms with Crippen LogP contribution in [0.15, 0.2) is 18.2 Å². The number of urea groups is 1. The number of anilines is 1. The zero-order valence-corrected chi connectivity index (χ0v) is 15.1. The van der Waals surface area contributed by atoms with Gasteiger partial charge in [0.15, 0.2) is 6.61 Å². The summed E-state index contributed by atoms with van der Waals surface area (Å²) in [6, 6.07) is 5.39. The van der Waals surface area contributed by atoms with Crippen LogP contribution in [0, 0.1) is 0 Å². The van der Waals surface area contributed by atoms with Gasteiger partial charge < -0.3 is 25.2 Å². The maximum Gasteiger partial charge on any atom is 0.317 e. The summed E-state index contributed by atoms with van der Waals surface area (Å²) < 4.78 is 5.32. The second-order valence-electron chi connectivity index (χ2n) is 6.82. The number of hydrogen-bond acceptors (Lipinski definition) is 4. The van der Waals surface area contributed by atoms with E-state index in [4.69, 9.17) is 4.74 Å². The summed E-state index contributed by atoms with van der Waals surface area (Å²) in [6.45, 7) is 5.95. The number of carbonyl (C=O) groups excluding carboxylic acids is 3. The standard InChI is InChI=1S/C18H24N4O4/c1-12(2)19-18(25)22-7-5-21(6-8-22)17(24)10-13-3-4-15-14(9-13)20-16(23)11-26-15/h3-4,9,12H,5-8,10-11H2,1-2H3,(H,19,25)(H,20,23). The lowest BCUT2D eigenvalue weighted by Crippen LogP contribution is -2.54. The van der Waals surface area contributed by atoms with Gasteiger partial charge in [0.2, 0.25) is 5.91 Å². The fourth-order valence-electron chi connectivity index (χ4n) is 3.02. The monoisotopic (exact) mass is 360 g/mol. The van der Waals surface area contributed by atoms with E-state index in [1.165, 1.54) is 0 Å². The number of nitrogens with zero attached hydrogens (tertiary/aromatic N) is 2. The van der Waals surface area contributed by atoms with Gasteiger partial charge in [0, 0.05) is 32.2 Å². The number of rotatable bonds is 3. The quantitative estimate of drug-likeness (QED) is 0.835. The number of piperazine rings is 1.